The number of nitrogens with two attached hydrogens (primary N) is 1. The molecule has 11 heteroatoms. The summed E-state index contributed by atoms with van der Waals surface area (Å²) in [7, 11) is 0. The maximum Gasteiger partial charge on any atom is 0.237 e. The lowest BCUT2D eigenvalue weighted by Gasteiger charge is -2.40. The molecule has 0 aliphatic carbocycles. The van der Waals surface area contributed by atoms with Crippen LogP contribution < -0.4 is 16.4 Å². The Bertz CT molecular complexity index is 1120. The van der Waals surface area contributed by atoms with Gasteiger partial charge in [0.1, 0.15) is 11.6 Å². The summed E-state index contributed by atoms with van der Waals surface area (Å²) in [5.74, 6) is -3.17. The van der Waals surface area contributed by atoms with Crippen molar-refractivity contribution in [3.8, 4) is 0 Å². The molecule has 37 heavy (non-hydrogen) atoms. The average molecular weight is 560 g/mol. The van der Waals surface area contributed by atoms with Crippen LogP contribution in [0.2, 0.25) is 10.0 Å². The van der Waals surface area contributed by atoms with Crippen LogP contribution in [0, 0.1) is 17.0 Å². The molecule has 0 aromatic heterocycles. The van der Waals surface area contributed by atoms with Crippen LogP contribution in [0.15, 0.2) is 36.4 Å². The standard InChI is InChI=1S/C26H33Cl2F2N3O4/c1-25(2,13-35)11-20-26(31,17-7-6-14(27)10-19(17)29)21(16-4-3-5-18(28)22(16)30)23(33-20)24(37)32-9-8-15(36)12-34/h3-7,10,15,20-21,23,33-36H,8-9,11-13,31H2,1-2H3,(H,32,37). The Labute approximate surface area is 225 Å². The molecule has 1 aliphatic heterocycles. The first-order valence-electron chi connectivity index (χ1n) is 12.0. The second-order valence-corrected chi connectivity index (χ2v) is 11.2. The first-order valence-corrected chi connectivity index (χ1v) is 12.7. The number of aliphatic hydroxyl groups is 3. The number of carbonyl (C=O) groups excluding carboxylic acids is 1. The molecule has 1 saturated heterocycles. The van der Waals surface area contributed by atoms with Gasteiger partial charge in [0.05, 0.1) is 29.3 Å². The van der Waals surface area contributed by atoms with E-state index in [1.165, 1.54) is 30.3 Å². The van der Waals surface area contributed by atoms with Crippen LogP contribution in [-0.2, 0) is 10.3 Å². The van der Waals surface area contributed by atoms with Gasteiger partial charge in [-0.1, -0.05) is 55.2 Å². The van der Waals surface area contributed by atoms with E-state index in [1.807, 2.05) is 0 Å². The van der Waals surface area contributed by atoms with E-state index in [0.29, 0.717) is 0 Å². The SMILES string of the molecule is CC(C)(CO)CC1NC(C(=O)NCCC(O)CO)C(c2cccc(Cl)c2F)C1(N)c1ccc(Cl)cc1F. The normalized spacial score (nSPS) is 24.8. The third-order valence-electron chi connectivity index (χ3n) is 6.97. The molecule has 0 saturated carbocycles. The molecule has 0 spiro atoms. The van der Waals surface area contributed by atoms with Crippen molar-refractivity contribution in [3.05, 3.63) is 69.2 Å². The number of amides is 1. The zero-order chi connectivity index (χ0) is 27.5. The summed E-state index contributed by atoms with van der Waals surface area (Å²) in [6.45, 7) is 2.95. The Morgan fingerprint density at radius 1 is 1.24 bits per heavy atom. The molecule has 1 heterocycles. The van der Waals surface area contributed by atoms with Crippen molar-refractivity contribution in [1.82, 2.24) is 10.6 Å². The predicted octanol–water partition coefficient (Wildman–Crippen LogP) is 2.82. The van der Waals surface area contributed by atoms with Crippen molar-refractivity contribution >= 4 is 29.1 Å². The average Bonchev–Trinajstić information content (AvgIpc) is 3.12. The van der Waals surface area contributed by atoms with Crippen LogP contribution in [0.4, 0.5) is 8.78 Å². The van der Waals surface area contributed by atoms with Crippen LogP contribution in [0.3, 0.4) is 0 Å². The summed E-state index contributed by atoms with van der Waals surface area (Å²) in [6.07, 6.45) is -0.715. The fourth-order valence-electron chi connectivity index (χ4n) is 4.97. The van der Waals surface area contributed by atoms with Gasteiger partial charge in [-0.05, 0) is 42.0 Å². The number of benzene rings is 2. The van der Waals surface area contributed by atoms with Crippen LogP contribution in [-0.4, -0.2) is 59.2 Å². The molecule has 7 N–H and O–H groups in total. The number of halogens is 4. The van der Waals surface area contributed by atoms with Crippen LogP contribution in [0.1, 0.15) is 43.7 Å². The largest absolute Gasteiger partial charge is 0.396 e. The number of carbonyl (C=O) groups is 1. The second-order valence-electron chi connectivity index (χ2n) is 10.3. The van der Waals surface area contributed by atoms with Crippen LogP contribution in [0.25, 0.3) is 0 Å². The molecular weight excluding hydrogens is 527 g/mol. The third kappa shape index (κ3) is 6.25. The molecule has 1 amide bonds. The van der Waals surface area contributed by atoms with E-state index in [2.05, 4.69) is 10.6 Å². The van der Waals surface area contributed by atoms with Crippen molar-refractivity contribution in [2.24, 2.45) is 11.1 Å². The van der Waals surface area contributed by atoms with Crippen LogP contribution >= 0.6 is 23.2 Å². The molecule has 204 valence electrons. The summed E-state index contributed by atoms with van der Waals surface area (Å²) in [5, 5.41) is 34.5. The van der Waals surface area contributed by atoms with E-state index in [4.69, 9.17) is 34.0 Å². The maximum atomic E-state index is 15.5. The van der Waals surface area contributed by atoms with Gasteiger partial charge in [-0.25, -0.2) is 8.78 Å². The minimum atomic E-state index is -1.67. The lowest BCUT2D eigenvalue weighted by Crippen LogP contribution is -2.53. The Balaban J connectivity index is 2.18. The van der Waals surface area contributed by atoms with E-state index in [-0.39, 0.29) is 47.2 Å². The van der Waals surface area contributed by atoms with Crippen molar-refractivity contribution in [3.63, 3.8) is 0 Å². The van der Waals surface area contributed by atoms with Gasteiger partial charge in [0.15, 0.2) is 0 Å². The molecule has 7 nitrogen and oxygen atoms in total. The Morgan fingerprint density at radius 2 is 1.95 bits per heavy atom. The maximum absolute atomic E-state index is 15.5. The van der Waals surface area contributed by atoms with Gasteiger partial charge in [-0.15, -0.1) is 0 Å². The van der Waals surface area contributed by atoms with Gasteiger partial charge in [0.2, 0.25) is 5.91 Å². The highest BCUT2D eigenvalue weighted by Gasteiger charge is 2.58. The fraction of sp³-hybridized carbons (Fsp3) is 0.500. The van der Waals surface area contributed by atoms with E-state index in [9.17, 15) is 15.0 Å². The highest BCUT2D eigenvalue weighted by molar-refractivity contribution is 6.31. The molecule has 1 fully saturated rings. The van der Waals surface area contributed by atoms with Gasteiger partial charge in [-0.3, -0.25) is 4.79 Å². The summed E-state index contributed by atoms with van der Waals surface area (Å²) in [6, 6.07) is 6.43. The Morgan fingerprint density at radius 3 is 2.57 bits per heavy atom. The summed E-state index contributed by atoms with van der Waals surface area (Å²) < 4.78 is 30.9. The molecular formula is C26H33Cl2F2N3O4. The summed E-state index contributed by atoms with van der Waals surface area (Å²) in [4.78, 5) is 13.4. The van der Waals surface area contributed by atoms with E-state index >= 15 is 8.78 Å². The van der Waals surface area contributed by atoms with E-state index in [1.54, 1.807) is 13.8 Å². The van der Waals surface area contributed by atoms with Crippen molar-refractivity contribution in [2.75, 3.05) is 19.8 Å². The molecule has 0 bridgehead atoms. The number of nitrogens with one attached hydrogen (secondary N) is 2. The lowest BCUT2D eigenvalue weighted by atomic mass is 9.68. The predicted molar refractivity (Wildman–Crippen MR) is 138 cm³/mol. The van der Waals surface area contributed by atoms with Gasteiger partial charge in [0, 0.05) is 35.7 Å². The smallest absolute Gasteiger partial charge is 0.237 e. The molecule has 5 atom stereocenters. The number of hydrogen-bond acceptors (Lipinski definition) is 6. The third-order valence-corrected chi connectivity index (χ3v) is 7.50. The first-order chi connectivity index (χ1) is 17.4. The second kappa shape index (κ2) is 11.9. The summed E-state index contributed by atoms with van der Waals surface area (Å²) >= 11 is 12.1. The molecule has 2 aromatic carbocycles. The quantitative estimate of drug-likeness (QED) is 0.265. The highest BCUT2D eigenvalue weighted by atomic mass is 35.5. The zero-order valence-corrected chi connectivity index (χ0v) is 22.2. The first kappa shape index (κ1) is 29.7. The Hall–Kier alpha value is -1.85. The molecule has 5 unspecified atom stereocenters. The van der Waals surface area contributed by atoms with Gasteiger partial charge in [-0.2, -0.15) is 0 Å². The minimum Gasteiger partial charge on any atom is -0.396 e. The zero-order valence-electron chi connectivity index (χ0n) is 20.6. The van der Waals surface area contributed by atoms with Crippen molar-refractivity contribution in [1.29, 1.82) is 0 Å². The Kier molecular flexibility index (Phi) is 9.56. The van der Waals surface area contributed by atoms with Crippen molar-refractivity contribution < 1.29 is 28.9 Å². The van der Waals surface area contributed by atoms with Gasteiger partial charge >= 0.3 is 0 Å². The monoisotopic (exact) mass is 559 g/mol. The topological polar surface area (TPSA) is 128 Å². The van der Waals surface area contributed by atoms with Crippen LogP contribution in [0.5, 0.6) is 0 Å². The fourth-order valence-corrected chi connectivity index (χ4v) is 5.31. The molecule has 1 aliphatic rings. The van der Waals surface area contributed by atoms with E-state index in [0.717, 1.165) is 6.07 Å². The van der Waals surface area contributed by atoms with Gasteiger partial charge in [0.25, 0.3) is 0 Å². The molecule has 3 rings (SSSR count). The number of hydrogen-bond donors (Lipinski definition) is 6. The van der Waals surface area contributed by atoms with Crippen molar-refractivity contribution in [2.45, 2.75) is 56.3 Å². The number of aliphatic hydroxyl groups excluding tert-OH is 3. The molecule has 2 aromatic rings. The lowest BCUT2D eigenvalue weighted by molar-refractivity contribution is -0.123. The molecule has 0 radical (unpaired) electrons. The summed E-state index contributed by atoms with van der Waals surface area (Å²) in [5.41, 5.74) is 4.77. The highest BCUT2D eigenvalue weighted by Crippen LogP contribution is 2.49. The minimum absolute atomic E-state index is 0.0247. The van der Waals surface area contributed by atoms with E-state index < -0.39 is 59.2 Å². The number of rotatable bonds is 10. The van der Waals surface area contributed by atoms with Gasteiger partial charge < -0.3 is 31.7 Å².